The lowest BCUT2D eigenvalue weighted by Gasteiger charge is -2.24. The normalized spacial score (nSPS) is 13.9. The van der Waals surface area contributed by atoms with Crippen molar-refractivity contribution in [3.8, 4) is 17.1 Å². The molecule has 31 heavy (non-hydrogen) atoms. The van der Waals surface area contributed by atoms with Gasteiger partial charge in [0.25, 0.3) is 5.91 Å². The number of halogens is 1. The summed E-state index contributed by atoms with van der Waals surface area (Å²) in [6.45, 7) is 0.356. The van der Waals surface area contributed by atoms with Crippen LogP contribution in [-0.4, -0.2) is 41.3 Å². The van der Waals surface area contributed by atoms with Gasteiger partial charge in [0.15, 0.2) is 0 Å². The number of hydrogen-bond donors (Lipinski definition) is 1. The Balaban J connectivity index is 1.95. The summed E-state index contributed by atoms with van der Waals surface area (Å²) in [5, 5.41) is 3.07. The maximum atomic E-state index is 13.4. The highest BCUT2D eigenvalue weighted by Crippen LogP contribution is 2.42. The molecule has 7 nitrogen and oxygen atoms in total. The van der Waals surface area contributed by atoms with Crippen molar-refractivity contribution in [2.75, 3.05) is 31.3 Å². The third kappa shape index (κ3) is 4.10. The number of nitrogens with one attached hydrogen (secondary N) is 1. The van der Waals surface area contributed by atoms with E-state index < -0.39 is 15.8 Å². The van der Waals surface area contributed by atoms with E-state index >= 15 is 0 Å². The number of hydrogen-bond acceptors (Lipinski definition) is 5. The molecule has 1 N–H and O–H groups in total. The van der Waals surface area contributed by atoms with Crippen molar-refractivity contribution in [3.05, 3.63) is 47.8 Å². The third-order valence-corrected chi connectivity index (χ3v) is 6.49. The lowest BCUT2D eigenvalue weighted by molar-refractivity contribution is 0.0964. The molecule has 1 aliphatic rings. The van der Waals surface area contributed by atoms with E-state index in [2.05, 4.69) is 5.32 Å². The van der Waals surface area contributed by atoms with Crippen LogP contribution >= 0.6 is 0 Å². The standard InChI is InChI=1S/C22H23FN2O5S/c1-24-22(26)20-16-10-19(29-2)17(25(31(3,27)28)12-13-4-5-13)11-18(16)30-21(20)14-6-8-15(23)9-7-14/h6-11,13H,4-5,12H2,1-3H3,(H,24,26). The third-order valence-electron chi connectivity index (χ3n) is 5.34. The van der Waals surface area contributed by atoms with Crippen LogP contribution in [0.3, 0.4) is 0 Å². The number of rotatable bonds is 7. The molecule has 0 unspecified atom stereocenters. The van der Waals surface area contributed by atoms with E-state index in [-0.39, 0.29) is 17.2 Å². The Morgan fingerprint density at radius 2 is 1.94 bits per heavy atom. The lowest BCUT2D eigenvalue weighted by atomic mass is 10.0. The number of sulfonamides is 1. The molecule has 1 saturated carbocycles. The van der Waals surface area contributed by atoms with Crippen molar-refractivity contribution >= 4 is 32.6 Å². The summed E-state index contributed by atoms with van der Waals surface area (Å²) in [7, 11) is -0.615. The van der Waals surface area contributed by atoms with Crippen LogP contribution in [0.15, 0.2) is 40.8 Å². The van der Waals surface area contributed by atoms with Crippen molar-refractivity contribution in [2.45, 2.75) is 12.8 Å². The fraction of sp³-hybridized carbons (Fsp3) is 0.318. The zero-order valence-electron chi connectivity index (χ0n) is 17.4. The molecule has 0 radical (unpaired) electrons. The minimum absolute atomic E-state index is 0.265. The van der Waals surface area contributed by atoms with Crippen molar-refractivity contribution < 1.29 is 26.8 Å². The average molecular weight is 447 g/mol. The second-order valence-corrected chi connectivity index (χ2v) is 9.56. The van der Waals surface area contributed by atoms with Gasteiger partial charge in [-0.1, -0.05) is 0 Å². The van der Waals surface area contributed by atoms with Gasteiger partial charge in [0.05, 0.1) is 24.6 Å². The Morgan fingerprint density at radius 1 is 1.26 bits per heavy atom. The number of methoxy groups -OCH3 is 1. The first-order chi connectivity index (χ1) is 14.7. The summed E-state index contributed by atoms with van der Waals surface area (Å²) in [5.41, 5.74) is 1.47. The van der Waals surface area contributed by atoms with Crippen LogP contribution in [0.5, 0.6) is 5.75 Å². The summed E-state index contributed by atoms with van der Waals surface area (Å²) >= 11 is 0. The van der Waals surface area contributed by atoms with Crippen molar-refractivity contribution in [1.82, 2.24) is 5.32 Å². The SMILES string of the molecule is CNC(=O)c1c(-c2ccc(F)cc2)oc2cc(N(CC3CC3)S(C)(=O)=O)c(OC)cc12. The van der Waals surface area contributed by atoms with Gasteiger partial charge in [0, 0.05) is 30.6 Å². The Kier molecular flexibility index (Phi) is 5.38. The smallest absolute Gasteiger partial charge is 0.255 e. The highest BCUT2D eigenvalue weighted by atomic mass is 32.2. The molecule has 0 spiro atoms. The van der Waals surface area contributed by atoms with E-state index in [1.54, 1.807) is 12.1 Å². The average Bonchev–Trinajstić information content (AvgIpc) is 3.49. The zero-order chi connectivity index (χ0) is 22.3. The fourth-order valence-corrected chi connectivity index (χ4v) is 4.55. The number of amides is 1. The number of fused-ring (bicyclic) bond motifs is 1. The Morgan fingerprint density at radius 3 is 2.48 bits per heavy atom. The van der Waals surface area contributed by atoms with Gasteiger partial charge >= 0.3 is 0 Å². The number of anilines is 1. The van der Waals surface area contributed by atoms with E-state index in [1.807, 2.05) is 0 Å². The molecule has 1 amide bonds. The molecule has 1 heterocycles. The predicted molar refractivity (Wildman–Crippen MR) is 116 cm³/mol. The van der Waals surface area contributed by atoms with E-state index in [0.29, 0.717) is 40.4 Å². The summed E-state index contributed by atoms with van der Waals surface area (Å²) in [6.07, 6.45) is 3.11. The van der Waals surface area contributed by atoms with E-state index in [1.165, 1.54) is 42.7 Å². The molecule has 1 aliphatic carbocycles. The van der Waals surface area contributed by atoms with Gasteiger partial charge in [-0.25, -0.2) is 12.8 Å². The number of benzene rings is 2. The fourth-order valence-electron chi connectivity index (χ4n) is 3.57. The largest absolute Gasteiger partial charge is 0.495 e. The first-order valence-electron chi connectivity index (χ1n) is 9.83. The molecule has 0 aliphatic heterocycles. The molecule has 3 aromatic rings. The molecular formula is C22H23FN2O5S. The predicted octanol–water partition coefficient (Wildman–Crippen LogP) is 3.78. The molecule has 9 heteroatoms. The molecular weight excluding hydrogens is 423 g/mol. The molecule has 164 valence electrons. The van der Waals surface area contributed by atoms with Crippen LogP contribution in [0, 0.1) is 11.7 Å². The molecule has 0 saturated heterocycles. The van der Waals surface area contributed by atoms with E-state index in [9.17, 15) is 17.6 Å². The maximum Gasteiger partial charge on any atom is 0.255 e. The van der Waals surface area contributed by atoms with Crippen LogP contribution < -0.4 is 14.4 Å². The van der Waals surface area contributed by atoms with Gasteiger partial charge < -0.3 is 14.5 Å². The zero-order valence-corrected chi connectivity index (χ0v) is 18.3. The second kappa shape index (κ2) is 7.88. The Hall–Kier alpha value is -3.07. The second-order valence-electron chi connectivity index (χ2n) is 7.65. The minimum Gasteiger partial charge on any atom is -0.495 e. The van der Waals surface area contributed by atoms with Crippen molar-refractivity contribution in [2.24, 2.45) is 5.92 Å². The van der Waals surface area contributed by atoms with Gasteiger partial charge in [0.2, 0.25) is 10.0 Å². The van der Waals surface area contributed by atoms with Crippen LogP contribution in [0.4, 0.5) is 10.1 Å². The van der Waals surface area contributed by atoms with Gasteiger partial charge in [0.1, 0.15) is 22.9 Å². The topological polar surface area (TPSA) is 88.9 Å². The monoisotopic (exact) mass is 446 g/mol. The van der Waals surface area contributed by atoms with Gasteiger partial charge in [-0.2, -0.15) is 0 Å². The van der Waals surface area contributed by atoms with Gasteiger partial charge in [-0.15, -0.1) is 0 Å². The summed E-state index contributed by atoms with van der Waals surface area (Å²) < 4.78 is 51.3. The summed E-state index contributed by atoms with van der Waals surface area (Å²) in [4.78, 5) is 12.7. The maximum absolute atomic E-state index is 13.4. The van der Waals surface area contributed by atoms with Crippen molar-refractivity contribution in [1.29, 1.82) is 0 Å². The lowest BCUT2D eigenvalue weighted by Crippen LogP contribution is -2.32. The number of nitrogens with zero attached hydrogens (tertiary/aromatic N) is 1. The number of carbonyl (C=O) groups is 1. The molecule has 0 bridgehead atoms. The molecule has 1 fully saturated rings. The number of furan rings is 1. The quantitative estimate of drug-likeness (QED) is 0.597. The first kappa shape index (κ1) is 21.2. The van der Waals surface area contributed by atoms with Gasteiger partial charge in [-0.3, -0.25) is 9.10 Å². The molecule has 2 aromatic carbocycles. The number of ether oxygens (including phenoxy) is 1. The number of carbonyl (C=O) groups excluding carboxylic acids is 1. The van der Waals surface area contributed by atoms with E-state index in [0.717, 1.165) is 19.1 Å². The highest BCUT2D eigenvalue weighted by Gasteiger charge is 2.32. The van der Waals surface area contributed by atoms with Crippen LogP contribution in [0.2, 0.25) is 0 Å². The Labute approximate surface area is 179 Å². The van der Waals surface area contributed by atoms with Crippen LogP contribution in [-0.2, 0) is 10.0 Å². The summed E-state index contributed by atoms with van der Waals surface area (Å²) in [5.74, 6) is 0.0970. The Bertz CT molecular complexity index is 1250. The highest BCUT2D eigenvalue weighted by molar-refractivity contribution is 7.92. The molecule has 0 atom stereocenters. The van der Waals surface area contributed by atoms with E-state index in [4.69, 9.17) is 9.15 Å². The molecule has 4 rings (SSSR count). The van der Waals surface area contributed by atoms with Crippen LogP contribution in [0.1, 0.15) is 23.2 Å². The minimum atomic E-state index is -3.56. The molecule has 1 aromatic heterocycles. The summed E-state index contributed by atoms with van der Waals surface area (Å²) in [6, 6.07) is 8.79. The first-order valence-corrected chi connectivity index (χ1v) is 11.7. The van der Waals surface area contributed by atoms with Crippen LogP contribution in [0.25, 0.3) is 22.3 Å². The van der Waals surface area contributed by atoms with Gasteiger partial charge in [-0.05, 0) is 49.1 Å². The van der Waals surface area contributed by atoms with Crippen molar-refractivity contribution in [3.63, 3.8) is 0 Å².